The molecule has 4 rings (SSSR count). The Morgan fingerprint density at radius 3 is 2.32 bits per heavy atom. The van der Waals surface area contributed by atoms with Crippen molar-refractivity contribution in [2.75, 3.05) is 39.3 Å². The van der Waals surface area contributed by atoms with E-state index in [1.807, 2.05) is 13.8 Å². The highest BCUT2D eigenvalue weighted by atomic mass is 32.2. The highest BCUT2D eigenvalue weighted by Crippen LogP contribution is 2.29. The summed E-state index contributed by atoms with van der Waals surface area (Å²) >= 11 is 0. The maximum Gasteiger partial charge on any atom is 0.282 e. The van der Waals surface area contributed by atoms with Gasteiger partial charge in [-0.05, 0) is 43.5 Å². The predicted octanol–water partition coefficient (Wildman–Crippen LogP) is 1.84. The molecule has 168 valence electrons. The summed E-state index contributed by atoms with van der Waals surface area (Å²) < 4.78 is 43.4. The van der Waals surface area contributed by atoms with Gasteiger partial charge in [0.05, 0.1) is 5.69 Å². The number of aromatic nitrogens is 2. The zero-order chi connectivity index (χ0) is 22.2. The minimum atomic E-state index is -3.50. The smallest absolute Gasteiger partial charge is 0.282 e. The van der Waals surface area contributed by atoms with E-state index in [1.165, 1.54) is 20.7 Å². The second kappa shape index (κ2) is 8.68. The lowest BCUT2D eigenvalue weighted by atomic mass is 10.1. The Balaban J connectivity index is 1.53. The van der Waals surface area contributed by atoms with Crippen molar-refractivity contribution in [1.29, 1.82) is 0 Å². The van der Waals surface area contributed by atoms with Gasteiger partial charge in [-0.1, -0.05) is 13.8 Å². The highest BCUT2D eigenvalue weighted by Gasteiger charge is 2.35. The molecule has 1 aliphatic carbocycles. The second-order valence-electron chi connectivity index (χ2n) is 7.80. The fourth-order valence-corrected chi connectivity index (χ4v) is 5.99. The quantitative estimate of drug-likeness (QED) is 0.674. The van der Waals surface area contributed by atoms with E-state index in [4.69, 9.17) is 0 Å². The van der Waals surface area contributed by atoms with Crippen LogP contribution in [0.5, 0.6) is 0 Å². The molecule has 1 saturated heterocycles. The van der Waals surface area contributed by atoms with Crippen LogP contribution < -0.4 is 0 Å². The highest BCUT2D eigenvalue weighted by molar-refractivity contribution is 7.86. The number of halogens is 1. The lowest BCUT2D eigenvalue weighted by molar-refractivity contribution is 0.0686. The first-order valence-corrected chi connectivity index (χ1v) is 12.2. The van der Waals surface area contributed by atoms with Gasteiger partial charge in [-0.2, -0.15) is 22.1 Å². The van der Waals surface area contributed by atoms with Gasteiger partial charge in [0.15, 0.2) is 5.69 Å². The van der Waals surface area contributed by atoms with Crippen LogP contribution in [0.25, 0.3) is 5.69 Å². The van der Waals surface area contributed by atoms with E-state index in [-0.39, 0.29) is 24.8 Å². The minimum absolute atomic E-state index is 0.168. The average molecular weight is 450 g/mol. The largest absolute Gasteiger partial charge is 0.335 e. The third-order valence-corrected chi connectivity index (χ3v) is 8.27. The average Bonchev–Trinajstić information content (AvgIpc) is 3.38. The molecule has 0 bridgehead atoms. The Morgan fingerprint density at radius 1 is 1.06 bits per heavy atom. The third kappa shape index (κ3) is 3.99. The lowest BCUT2D eigenvalue weighted by Gasteiger charge is -2.36. The predicted molar refractivity (Wildman–Crippen MR) is 115 cm³/mol. The van der Waals surface area contributed by atoms with Gasteiger partial charge in [0.2, 0.25) is 0 Å². The monoisotopic (exact) mass is 449 g/mol. The van der Waals surface area contributed by atoms with Crippen LogP contribution in [0.2, 0.25) is 0 Å². The van der Waals surface area contributed by atoms with Gasteiger partial charge in [-0.15, -0.1) is 0 Å². The molecular formula is C21H28FN5O3S. The molecule has 0 unspecified atom stereocenters. The Labute approximate surface area is 182 Å². The van der Waals surface area contributed by atoms with E-state index >= 15 is 0 Å². The summed E-state index contributed by atoms with van der Waals surface area (Å²) in [5.41, 5.74) is 3.11. The van der Waals surface area contributed by atoms with Crippen LogP contribution in [0, 0.1) is 5.82 Å². The van der Waals surface area contributed by atoms with Crippen LogP contribution in [0.4, 0.5) is 4.39 Å². The van der Waals surface area contributed by atoms with Crippen molar-refractivity contribution in [3.05, 3.63) is 47.0 Å². The van der Waals surface area contributed by atoms with E-state index in [1.54, 1.807) is 21.7 Å². The number of amides is 1. The molecule has 1 fully saturated rings. The fourth-order valence-electron chi connectivity index (χ4n) is 4.39. The van der Waals surface area contributed by atoms with Crippen molar-refractivity contribution in [2.24, 2.45) is 0 Å². The van der Waals surface area contributed by atoms with Gasteiger partial charge in [0, 0.05) is 50.5 Å². The zero-order valence-electron chi connectivity index (χ0n) is 17.9. The number of hydrogen-bond acceptors (Lipinski definition) is 4. The van der Waals surface area contributed by atoms with Gasteiger partial charge in [-0.3, -0.25) is 4.79 Å². The van der Waals surface area contributed by atoms with Crippen molar-refractivity contribution >= 4 is 16.1 Å². The van der Waals surface area contributed by atoms with Crippen molar-refractivity contribution in [2.45, 2.75) is 33.1 Å². The molecule has 1 amide bonds. The van der Waals surface area contributed by atoms with E-state index in [0.29, 0.717) is 31.9 Å². The maximum absolute atomic E-state index is 13.3. The van der Waals surface area contributed by atoms with Crippen molar-refractivity contribution < 1.29 is 17.6 Å². The summed E-state index contributed by atoms with van der Waals surface area (Å²) in [6.45, 7) is 5.68. The zero-order valence-corrected chi connectivity index (χ0v) is 18.7. The molecule has 0 N–H and O–H groups in total. The molecule has 8 nitrogen and oxygen atoms in total. The van der Waals surface area contributed by atoms with Crippen LogP contribution in [-0.2, 0) is 23.1 Å². The molecule has 31 heavy (non-hydrogen) atoms. The van der Waals surface area contributed by atoms with Crippen LogP contribution in [0.15, 0.2) is 24.3 Å². The number of piperazine rings is 1. The van der Waals surface area contributed by atoms with Gasteiger partial charge in [0.1, 0.15) is 5.82 Å². The van der Waals surface area contributed by atoms with Gasteiger partial charge in [0.25, 0.3) is 16.1 Å². The molecule has 1 aliphatic heterocycles. The Hall–Kier alpha value is -2.30. The Morgan fingerprint density at radius 2 is 1.71 bits per heavy atom. The van der Waals surface area contributed by atoms with Crippen molar-refractivity contribution in [3.8, 4) is 5.69 Å². The molecule has 1 aromatic heterocycles. The molecule has 2 aliphatic rings. The summed E-state index contributed by atoms with van der Waals surface area (Å²) in [4.78, 5) is 15.0. The second-order valence-corrected chi connectivity index (χ2v) is 9.73. The van der Waals surface area contributed by atoms with Crippen LogP contribution in [0.1, 0.15) is 42.0 Å². The molecule has 10 heteroatoms. The number of nitrogens with zero attached hydrogens (tertiary/aromatic N) is 5. The topological polar surface area (TPSA) is 78.8 Å². The third-order valence-electron chi connectivity index (χ3n) is 6.09. The number of fused-ring (bicyclic) bond motifs is 1. The molecular weight excluding hydrogens is 421 g/mol. The number of carbonyl (C=O) groups excluding carboxylic acids is 1. The Kier molecular flexibility index (Phi) is 6.14. The van der Waals surface area contributed by atoms with Crippen LogP contribution >= 0.6 is 0 Å². The first-order chi connectivity index (χ1) is 14.9. The minimum Gasteiger partial charge on any atom is -0.335 e. The molecule has 2 aromatic rings. The molecule has 2 heterocycles. The van der Waals surface area contributed by atoms with E-state index in [0.717, 1.165) is 36.2 Å². The first-order valence-electron chi connectivity index (χ1n) is 10.8. The molecule has 1 aromatic carbocycles. The van der Waals surface area contributed by atoms with Crippen LogP contribution in [-0.4, -0.2) is 76.9 Å². The van der Waals surface area contributed by atoms with Gasteiger partial charge in [-0.25, -0.2) is 9.07 Å². The summed E-state index contributed by atoms with van der Waals surface area (Å²) in [6, 6.07) is 6.09. The first kappa shape index (κ1) is 21.9. The van der Waals surface area contributed by atoms with Crippen molar-refractivity contribution in [3.63, 3.8) is 0 Å². The molecule has 0 saturated carbocycles. The summed E-state index contributed by atoms with van der Waals surface area (Å²) in [7, 11) is -3.50. The fraction of sp³-hybridized carbons (Fsp3) is 0.524. The van der Waals surface area contributed by atoms with E-state index in [9.17, 15) is 17.6 Å². The molecule has 0 atom stereocenters. The van der Waals surface area contributed by atoms with Crippen LogP contribution in [0.3, 0.4) is 0 Å². The SMILES string of the molecule is CCN(CC)S(=O)(=O)N1CCN(C(=O)c2nn(-c3ccc(F)cc3)c3c2CCC3)CC1. The standard InChI is InChI=1S/C21H28FN5O3S/c1-3-25(4-2)31(29,30)26-14-12-24(13-15-26)21(28)20-18-6-5-7-19(18)27(23-20)17-10-8-16(22)9-11-17/h8-11H,3-7,12-15H2,1-2H3. The molecule has 0 spiro atoms. The van der Waals surface area contributed by atoms with Crippen molar-refractivity contribution in [1.82, 2.24) is 23.3 Å². The Bertz CT molecular complexity index is 1060. The number of rotatable bonds is 6. The number of carbonyl (C=O) groups is 1. The van der Waals surface area contributed by atoms with E-state index in [2.05, 4.69) is 5.10 Å². The van der Waals surface area contributed by atoms with Gasteiger partial charge < -0.3 is 4.90 Å². The number of benzene rings is 1. The summed E-state index contributed by atoms with van der Waals surface area (Å²) in [5, 5.41) is 4.59. The normalized spacial score (nSPS) is 17.4. The molecule has 0 radical (unpaired) electrons. The maximum atomic E-state index is 13.3. The summed E-state index contributed by atoms with van der Waals surface area (Å²) in [5.74, 6) is -0.486. The van der Waals surface area contributed by atoms with E-state index < -0.39 is 10.2 Å². The van der Waals surface area contributed by atoms with Gasteiger partial charge >= 0.3 is 0 Å². The summed E-state index contributed by atoms with van der Waals surface area (Å²) in [6.07, 6.45) is 2.56. The number of hydrogen-bond donors (Lipinski definition) is 0. The lowest BCUT2D eigenvalue weighted by Crippen LogP contribution is -2.54.